The lowest BCUT2D eigenvalue weighted by atomic mass is 10.2. The number of carbonyl (C=O) groups excluding carboxylic acids is 1. The fourth-order valence-electron chi connectivity index (χ4n) is 2.32. The summed E-state index contributed by atoms with van der Waals surface area (Å²) in [4.78, 5) is 16.0. The van der Waals surface area contributed by atoms with Crippen LogP contribution in [0.1, 0.15) is 11.3 Å². The maximum atomic E-state index is 12.0. The van der Waals surface area contributed by atoms with Gasteiger partial charge in [0.25, 0.3) is 0 Å². The fourth-order valence-corrected chi connectivity index (χ4v) is 2.99. The van der Waals surface area contributed by atoms with Crippen LogP contribution in [0.5, 0.6) is 0 Å². The molecule has 0 saturated carbocycles. The minimum atomic E-state index is -0.369. The molecule has 0 radical (unpaired) electrons. The lowest BCUT2D eigenvalue weighted by Gasteiger charge is -2.07. The second-order valence-electron chi connectivity index (χ2n) is 5.69. The van der Waals surface area contributed by atoms with Gasteiger partial charge in [-0.2, -0.15) is 0 Å². The van der Waals surface area contributed by atoms with Gasteiger partial charge in [0.2, 0.25) is 5.91 Å². The van der Waals surface area contributed by atoms with E-state index in [1.54, 1.807) is 48.8 Å². The van der Waals surface area contributed by atoms with Crippen molar-refractivity contribution in [1.82, 2.24) is 15.6 Å². The Hall–Kier alpha value is -2.67. The van der Waals surface area contributed by atoms with Crippen LogP contribution in [0.15, 0.2) is 65.4 Å². The van der Waals surface area contributed by atoms with E-state index < -0.39 is 0 Å². The third-order valence-corrected chi connectivity index (χ3v) is 4.43. The van der Waals surface area contributed by atoms with E-state index in [0.29, 0.717) is 28.1 Å². The van der Waals surface area contributed by atoms with Gasteiger partial charge in [-0.3, -0.25) is 15.1 Å². The van der Waals surface area contributed by atoms with Crippen LogP contribution in [0, 0.1) is 0 Å². The first-order valence-corrected chi connectivity index (χ1v) is 9.39. The number of furan rings is 1. The summed E-state index contributed by atoms with van der Waals surface area (Å²) in [5.41, 5.74) is 1.68. The molecule has 3 aromatic rings. The van der Waals surface area contributed by atoms with E-state index in [4.69, 9.17) is 39.8 Å². The second-order valence-corrected chi connectivity index (χ2v) is 6.94. The first kappa shape index (κ1) is 20.1. The van der Waals surface area contributed by atoms with E-state index in [9.17, 15) is 4.79 Å². The minimum Gasteiger partial charge on any atom is -0.457 e. The number of aromatic nitrogens is 1. The SMILES string of the molecule is O=C(C=Cc1ccc(-c2ccc(Cl)cc2Cl)o1)NC(=S)NCc1cccnc1. The molecular formula is C20H15Cl2N3O2S. The third-order valence-electron chi connectivity index (χ3n) is 3.63. The summed E-state index contributed by atoms with van der Waals surface area (Å²) < 4.78 is 5.70. The average Bonchev–Trinajstić information content (AvgIpc) is 3.14. The van der Waals surface area contributed by atoms with Crippen molar-refractivity contribution < 1.29 is 9.21 Å². The monoisotopic (exact) mass is 431 g/mol. The molecule has 1 amide bonds. The van der Waals surface area contributed by atoms with Crippen molar-refractivity contribution >= 4 is 52.5 Å². The van der Waals surface area contributed by atoms with Crippen LogP contribution in [0.4, 0.5) is 0 Å². The van der Waals surface area contributed by atoms with Gasteiger partial charge in [-0.15, -0.1) is 0 Å². The van der Waals surface area contributed by atoms with Gasteiger partial charge in [0.15, 0.2) is 5.11 Å². The Morgan fingerprint density at radius 3 is 2.82 bits per heavy atom. The third kappa shape index (κ3) is 5.66. The number of benzene rings is 1. The summed E-state index contributed by atoms with van der Waals surface area (Å²) in [7, 11) is 0. The maximum absolute atomic E-state index is 12.0. The highest BCUT2D eigenvalue weighted by Crippen LogP contribution is 2.31. The molecule has 0 spiro atoms. The number of hydrogen-bond donors (Lipinski definition) is 2. The molecule has 0 unspecified atom stereocenters. The van der Waals surface area contributed by atoms with E-state index >= 15 is 0 Å². The van der Waals surface area contributed by atoms with Crippen LogP contribution >= 0.6 is 35.4 Å². The van der Waals surface area contributed by atoms with Crippen molar-refractivity contribution in [2.45, 2.75) is 6.54 Å². The summed E-state index contributed by atoms with van der Waals surface area (Å²) >= 11 is 17.2. The highest BCUT2D eigenvalue weighted by atomic mass is 35.5. The molecule has 0 fully saturated rings. The first-order valence-electron chi connectivity index (χ1n) is 8.22. The number of nitrogens with one attached hydrogen (secondary N) is 2. The van der Waals surface area contributed by atoms with E-state index in [0.717, 1.165) is 11.1 Å². The van der Waals surface area contributed by atoms with E-state index in [-0.39, 0.29) is 11.0 Å². The molecule has 0 aliphatic heterocycles. The zero-order valence-corrected chi connectivity index (χ0v) is 16.8. The number of pyridine rings is 1. The summed E-state index contributed by atoms with van der Waals surface area (Å²) in [5, 5.41) is 6.77. The number of hydrogen-bond acceptors (Lipinski definition) is 4. The number of rotatable bonds is 5. The van der Waals surface area contributed by atoms with Gasteiger partial charge < -0.3 is 9.73 Å². The van der Waals surface area contributed by atoms with Gasteiger partial charge in [0.05, 0.1) is 5.02 Å². The van der Waals surface area contributed by atoms with Crippen molar-refractivity contribution in [3.63, 3.8) is 0 Å². The molecule has 0 saturated heterocycles. The predicted molar refractivity (Wildman–Crippen MR) is 115 cm³/mol. The zero-order valence-electron chi connectivity index (χ0n) is 14.5. The van der Waals surface area contributed by atoms with Crippen LogP contribution in [-0.2, 0) is 11.3 Å². The van der Waals surface area contributed by atoms with Crippen molar-refractivity contribution in [2.75, 3.05) is 0 Å². The molecule has 0 atom stereocenters. The molecule has 0 bridgehead atoms. The smallest absolute Gasteiger partial charge is 0.250 e. The van der Waals surface area contributed by atoms with Gasteiger partial charge in [-0.1, -0.05) is 29.3 Å². The average molecular weight is 432 g/mol. The van der Waals surface area contributed by atoms with Gasteiger partial charge in [0.1, 0.15) is 11.5 Å². The molecule has 0 aliphatic rings. The Labute approximate surface area is 177 Å². The van der Waals surface area contributed by atoms with Crippen LogP contribution in [0.25, 0.3) is 17.4 Å². The van der Waals surface area contributed by atoms with Crippen LogP contribution in [-0.4, -0.2) is 16.0 Å². The minimum absolute atomic E-state index is 0.228. The Kier molecular flexibility index (Phi) is 6.81. The highest BCUT2D eigenvalue weighted by Gasteiger charge is 2.08. The van der Waals surface area contributed by atoms with E-state index in [1.165, 1.54) is 6.08 Å². The normalized spacial score (nSPS) is 10.8. The van der Waals surface area contributed by atoms with Crippen molar-refractivity contribution in [1.29, 1.82) is 0 Å². The molecule has 28 heavy (non-hydrogen) atoms. The topological polar surface area (TPSA) is 67.2 Å². The standard InChI is InChI=1S/C20H15Cl2N3O2S/c21-14-3-6-16(17(22)10-14)18-7-4-15(27-18)5-8-19(26)25-20(28)24-12-13-2-1-9-23-11-13/h1-11H,12H2,(H2,24,25,26,28). The summed E-state index contributed by atoms with van der Waals surface area (Å²) in [5.74, 6) is 0.715. The number of halogens is 2. The summed E-state index contributed by atoms with van der Waals surface area (Å²) in [6.45, 7) is 0.472. The molecule has 2 heterocycles. The van der Waals surface area contributed by atoms with Gasteiger partial charge >= 0.3 is 0 Å². The van der Waals surface area contributed by atoms with Crippen LogP contribution < -0.4 is 10.6 Å². The van der Waals surface area contributed by atoms with E-state index in [2.05, 4.69) is 15.6 Å². The van der Waals surface area contributed by atoms with E-state index in [1.807, 2.05) is 12.1 Å². The second kappa shape index (κ2) is 9.50. The first-order chi connectivity index (χ1) is 13.5. The molecule has 5 nitrogen and oxygen atoms in total. The molecular weight excluding hydrogens is 417 g/mol. The lowest BCUT2D eigenvalue weighted by molar-refractivity contribution is -0.115. The molecule has 2 aromatic heterocycles. The lowest BCUT2D eigenvalue weighted by Crippen LogP contribution is -2.37. The van der Waals surface area contributed by atoms with Crippen molar-refractivity contribution in [2.24, 2.45) is 0 Å². The van der Waals surface area contributed by atoms with Gasteiger partial charge in [-0.05, 0) is 60.3 Å². The van der Waals surface area contributed by atoms with Crippen LogP contribution in [0.3, 0.4) is 0 Å². The Bertz CT molecular complexity index is 1020. The van der Waals surface area contributed by atoms with Gasteiger partial charge in [-0.25, -0.2) is 0 Å². The molecule has 3 rings (SSSR count). The van der Waals surface area contributed by atoms with Crippen LogP contribution in [0.2, 0.25) is 10.0 Å². The molecule has 1 aromatic carbocycles. The number of carbonyl (C=O) groups is 1. The van der Waals surface area contributed by atoms with Crippen molar-refractivity contribution in [3.8, 4) is 11.3 Å². The summed E-state index contributed by atoms with van der Waals surface area (Å²) in [6.07, 6.45) is 6.30. The quantitative estimate of drug-likeness (QED) is 0.446. The predicted octanol–water partition coefficient (Wildman–Crippen LogP) is 4.85. The Balaban J connectivity index is 1.54. The highest BCUT2D eigenvalue weighted by molar-refractivity contribution is 7.80. The number of amides is 1. The molecule has 0 aliphatic carbocycles. The zero-order chi connectivity index (χ0) is 19.9. The maximum Gasteiger partial charge on any atom is 0.250 e. The van der Waals surface area contributed by atoms with Gasteiger partial charge in [0, 0.05) is 35.6 Å². The number of nitrogens with zero attached hydrogens (tertiary/aromatic N) is 1. The molecule has 2 N–H and O–H groups in total. The fraction of sp³-hybridized carbons (Fsp3) is 0.0500. The Morgan fingerprint density at radius 2 is 2.07 bits per heavy atom. The largest absolute Gasteiger partial charge is 0.457 e. The Morgan fingerprint density at radius 1 is 1.21 bits per heavy atom. The molecule has 8 heteroatoms. The van der Waals surface area contributed by atoms with Crippen molar-refractivity contribution in [3.05, 3.63) is 82.3 Å². The molecule has 142 valence electrons. The summed E-state index contributed by atoms with van der Waals surface area (Å²) in [6, 6.07) is 12.4. The number of thiocarbonyl (C=S) groups is 1.